The predicted octanol–water partition coefficient (Wildman–Crippen LogP) is 2.05. The minimum atomic E-state index is -0.509. The summed E-state index contributed by atoms with van der Waals surface area (Å²) < 4.78 is 4.99. The Morgan fingerprint density at radius 3 is 2.30 bits per heavy atom. The summed E-state index contributed by atoms with van der Waals surface area (Å²) in [5.74, 6) is -1.47. The zero-order valence-corrected chi connectivity index (χ0v) is 15.2. The molecule has 1 aliphatic heterocycles. The number of rotatable bonds is 7. The van der Waals surface area contributed by atoms with Gasteiger partial charge in [0, 0.05) is 19.0 Å². The second-order valence-electron chi connectivity index (χ2n) is 6.97. The highest BCUT2D eigenvalue weighted by molar-refractivity contribution is 6.21. The molecule has 1 N–H and O–H groups in total. The lowest BCUT2D eigenvalue weighted by Crippen LogP contribution is -2.38. The Labute approximate surface area is 158 Å². The van der Waals surface area contributed by atoms with Crippen LogP contribution in [0.3, 0.4) is 0 Å². The lowest BCUT2D eigenvalue weighted by molar-refractivity contribution is -0.148. The number of fused-ring (bicyclic) bond motifs is 1. The SMILES string of the molecule is O=C(COC(=O)CCCN1C(=O)c2ccccc2C1=O)NC1CCCCC1. The maximum atomic E-state index is 12.2. The maximum absolute atomic E-state index is 12.2. The van der Waals surface area contributed by atoms with Gasteiger partial charge in [-0.15, -0.1) is 0 Å². The number of carbonyl (C=O) groups excluding carboxylic acids is 4. The van der Waals surface area contributed by atoms with E-state index in [-0.39, 0.29) is 43.3 Å². The fourth-order valence-electron chi connectivity index (χ4n) is 3.56. The summed E-state index contributed by atoms with van der Waals surface area (Å²) in [6.45, 7) is -0.141. The average molecular weight is 372 g/mol. The van der Waals surface area contributed by atoms with Crippen molar-refractivity contribution in [2.45, 2.75) is 51.0 Å². The molecule has 3 rings (SSSR count). The van der Waals surface area contributed by atoms with Gasteiger partial charge in [0.1, 0.15) is 0 Å². The molecule has 0 saturated heterocycles. The van der Waals surface area contributed by atoms with Crippen molar-refractivity contribution >= 4 is 23.7 Å². The van der Waals surface area contributed by atoms with Crippen LogP contribution in [0.2, 0.25) is 0 Å². The lowest BCUT2D eigenvalue weighted by atomic mass is 9.95. The van der Waals surface area contributed by atoms with E-state index in [9.17, 15) is 19.2 Å². The van der Waals surface area contributed by atoms with Gasteiger partial charge in [0.2, 0.25) is 0 Å². The monoisotopic (exact) mass is 372 g/mol. The van der Waals surface area contributed by atoms with Crippen molar-refractivity contribution in [2.24, 2.45) is 0 Å². The van der Waals surface area contributed by atoms with E-state index in [1.165, 1.54) is 6.42 Å². The van der Waals surface area contributed by atoms with Gasteiger partial charge in [0.05, 0.1) is 11.1 Å². The molecule has 144 valence electrons. The minimum absolute atomic E-state index is 0.0457. The fourth-order valence-corrected chi connectivity index (χ4v) is 3.56. The molecular weight excluding hydrogens is 348 g/mol. The number of hydrogen-bond donors (Lipinski definition) is 1. The van der Waals surface area contributed by atoms with Gasteiger partial charge in [-0.3, -0.25) is 24.1 Å². The molecule has 7 nitrogen and oxygen atoms in total. The van der Waals surface area contributed by atoms with Gasteiger partial charge >= 0.3 is 5.97 Å². The van der Waals surface area contributed by atoms with Gasteiger partial charge in [-0.1, -0.05) is 31.4 Å². The van der Waals surface area contributed by atoms with Crippen LogP contribution >= 0.6 is 0 Å². The van der Waals surface area contributed by atoms with Gasteiger partial charge < -0.3 is 10.1 Å². The molecule has 0 aromatic heterocycles. The molecule has 1 aromatic carbocycles. The standard InChI is InChI=1S/C20H24N2O5/c23-17(21-14-7-2-1-3-8-14)13-27-18(24)11-6-12-22-19(25)15-9-4-5-10-16(15)20(22)26/h4-5,9-10,14H,1-3,6-8,11-13H2,(H,21,23). The molecule has 0 bridgehead atoms. The van der Waals surface area contributed by atoms with Crippen LogP contribution in [0, 0.1) is 0 Å². The second kappa shape index (κ2) is 8.79. The topological polar surface area (TPSA) is 92.8 Å². The van der Waals surface area contributed by atoms with Gasteiger partial charge in [-0.2, -0.15) is 0 Å². The Kier molecular flexibility index (Phi) is 6.21. The molecule has 0 spiro atoms. The number of nitrogens with zero attached hydrogens (tertiary/aromatic N) is 1. The quantitative estimate of drug-likeness (QED) is 0.584. The zero-order valence-electron chi connectivity index (χ0n) is 15.2. The first kappa shape index (κ1) is 19.1. The van der Waals surface area contributed by atoms with Gasteiger partial charge in [0.15, 0.2) is 6.61 Å². The van der Waals surface area contributed by atoms with Crippen LogP contribution in [0.1, 0.15) is 65.7 Å². The highest BCUT2D eigenvalue weighted by Gasteiger charge is 2.34. The van der Waals surface area contributed by atoms with Crippen molar-refractivity contribution < 1.29 is 23.9 Å². The van der Waals surface area contributed by atoms with E-state index < -0.39 is 5.97 Å². The summed E-state index contributed by atoms with van der Waals surface area (Å²) in [7, 11) is 0. The molecule has 3 amide bonds. The summed E-state index contributed by atoms with van der Waals surface area (Å²) in [6, 6.07) is 6.84. The molecule has 2 aliphatic rings. The molecule has 1 fully saturated rings. The van der Waals surface area contributed by atoms with Crippen LogP contribution in [-0.4, -0.2) is 47.8 Å². The van der Waals surface area contributed by atoms with Crippen molar-refractivity contribution in [1.82, 2.24) is 10.2 Å². The molecule has 1 heterocycles. The maximum Gasteiger partial charge on any atom is 0.306 e. The third-order valence-electron chi connectivity index (χ3n) is 4.98. The second-order valence-corrected chi connectivity index (χ2v) is 6.97. The number of carbonyl (C=O) groups is 4. The summed E-state index contributed by atoms with van der Waals surface area (Å²) in [6.07, 6.45) is 5.72. The largest absolute Gasteiger partial charge is 0.456 e. The predicted molar refractivity (Wildman–Crippen MR) is 97.0 cm³/mol. The Hall–Kier alpha value is -2.70. The molecule has 7 heteroatoms. The molecular formula is C20H24N2O5. The van der Waals surface area contributed by atoms with Crippen LogP contribution in [0.4, 0.5) is 0 Å². The number of amides is 3. The Bertz CT molecular complexity index is 705. The summed E-state index contributed by atoms with van der Waals surface area (Å²) in [5, 5.41) is 2.88. The van der Waals surface area contributed by atoms with Crippen molar-refractivity contribution in [3.8, 4) is 0 Å². The molecule has 27 heavy (non-hydrogen) atoms. The number of imide groups is 1. The first-order valence-electron chi connectivity index (χ1n) is 9.46. The van der Waals surface area contributed by atoms with E-state index in [1.54, 1.807) is 24.3 Å². The summed E-state index contributed by atoms with van der Waals surface area (Å²) >= 11 is 0. The van der Waals surface area contributed by atoms with Crippen LogP contribution in [0.15, 0.2) is 24.3 Å². The number of benzene rings is 1. The average Bonchev–Trinajstić information content (AvgIpc) is 2.92. The molecule has 1 aromatic rings. The van der Waals surface area contributed by atoms with E-state index in [0.717, 1.165) is 30.6 Å². The lowest BCUT2D eigenvalue weighted by Gasteiger charge is -2.22. The van der Waals surface area contributed by atoms with E-state index in [0.29, 0.717) is 17.5 Å². The summed E-state index contributed by atoms with van der Waals surface area (Å²) in [5.41, 5.74) is 0.786. The molecule has 0 radical (unpaired) electrons. The normalized spacial score (nSPS) is 17.0. The highest BCUT2D eigenvalue weighted by atomic mass is 16.5. The number of nitrogens with one attached hydrogen (secondary N) is 1. The molecule has 0 atom stereocenters. The van der Waals surface area contributed by atoms with Crippen LogP contribution in [0.5, 0.6) is 0 Å². The zero-order chi connectivity index (χ0) is 19.2. The molecule has 1 saturated carbocycles. The van der Waals surface area contributed by atoms with E-state index in [4.69, 9.17) is 4.74 Å². The number of ether oxygens (including phenoxy) is 1. The molecule has 0 unspecified atom stereocenters. The van der Waals surface area contributed by atoms with Crippen molar-refractivity contribution in [1.29, 1.82) is 0 Å². The van der Waals surface area contributed by atoms with Crippen LogP contribution in [0.25, 0.3) is 0 Å². The van der Waals surface area contributed by atoms with Crippen molar-refractivity contribution in [3.63, 3.8) is 0 Å². The third kappa shape index (κ3) is 4.72. The van der Waals surface area contributed by atoms with Crippen LogP contribution < -0.4 is 5.32 Å². The van der Waals surface area contributed by atoms with Gasteiger partial charge in [0.25, 0.3) is 17.7 Å². The first-order valence-corrected chi connectivity index (χ1v) is 9.46. The van der Waals surface area contributed by atoms with E-state index in [2.05, 4.69) is 5.32 Å². The van der Waals surface area contributed by atoms with Gasteiger partial charge in [-0.05, 0) is 31.4 Å². The summed E-state index contributed by atoms with van der Waals surface area (Å²) in [4.78, 5) is 49.2. The first-order chi connectivity index (χ1) is 13.1. The van der Waals surface area contributed by atoms with Crippen LogP contribution in [-0.2, 0) is 14.3 Å². The Morgan fingerprint density at radius 2 is 1.67 bits per heavy atom. The van der Waals surface area contributed by atoms with E-state index >= 15 is 0 Å². The third-order valence-corrected chi connectivity index (χ3v) is 4.98. The highest BCUT2D eigenvalue weighted by Crippen LogP contribution is 2.22. The van der Waals surface area contributed by atoms with E-state index in [1.807, 2.05) is 0 Å². The molecule has 1 aliphatic carbocycles. The van der Waals surface area contributed by atoms with Gasteiger partial charge in [-0.25, -0.2) is 0 Å². The number of esters is 1. The smallest absolute Gasteiger partial charge is 0.306 e. The number of hydrogen-bond acceptors (Lipinski definition) is 5. The Morgan fingerprint density at radius 1 is 1.04 bits per heavy atom. The van der Waals surface area contributed by atoms with Crippen molar-refractivity contribution in [2.75, 3.05) is 13.2 Å². The fraction of sp³-hybridized carbons (Fsp3) is 0.500. The van der Waals surface area contributed by atoms with Crippen molar-refractivity contribution in [3.05, 3.63) is 35.4 Å². The minimum Gasteiger partial charge on any atom is -0.456 e. The Balaban J connectivity index is 1.36.